The van der Waals surface area contributed by atoms with E-state index in [4.69, 9.17) is 47.4 Å². The fourth-order valence-corrected chi connectivity index (χ4v) is 16.0. The highest BCUT2D eigenvalue weighted by molar-refractivity contribution is 5.16. The van der Waals surface area contributed by atoms with E-state index in [1.54, 1.807) is 7.11 Å². The van der Waals surface area contributed by atoms with Crippen molar-refractivity contribution in [2.24, 2.45) is 52.3 Å². The molecule has 440 valence electrons. The number of hydrogen-bond acceptors (Lipinski definition) is 24. The van der Waals surface area contributed by atoms with E-state index in [1.165, 1.54) is 6.92 Å². The van der Waals surface area contributed by atoms with E-state index in [9.17, 15) is 71.5 Å². The molecule has 33 atom stereocenters. The minimum absolute atomic E-state index is 0.0183. The van der Waals surface area contributed by atoms with Crippen LogP contribution in [-0.4, -0.2) is 252 Å². The minimum Gasteiger partial charge on any atom is -0.394 e. The van der Waals surface area contributed by atoms with Gasteiger partial charge in [0.1, 0.15) is 91.6 Å². The molecule has 0 unspecified atom stereocenters. The highest BCUT2D eigenvalue weighted by Gasteiger charge is 2.69. The van der Waals surface area contributed by atoms with E-state index in [0.29, 0.717) is 43.4 Å². The average Bonchev–Trinajstić information content (AvgIpc) is 4.02. The molecule has 5 aliphatic heterocycles. The number of fused-ring (bicyclic) bond motifs is 7. The Morgan fingerprint density at radius 2 is 1.16 bits per heavy atom. The Hall–Kier alpha value is -0.960. The van der Waals surface area contributed by atoms with Crippen molar-refractivity contribution in [3.05, 3.63) is 0 Å². The summed E-state index contributed by atoms with van der Waals surface area (Å²) in [5.74, 6) is 0.611. The fraction of sp³-hybridized carbons (Fsp3) is 1.00. The maximum Gasteiger partial charge on any atom is 0.187 e. The lowest BCUT2D eigenvalue weighted by Crippen LogP contribution is -2.67. The summed E-state index contributed by atoms with van der Waals surface area (Å²) in [5, 5.41) is 149. The Labute approximate surface area is 443 Å². The Kier molecular flexibility index (Phi) is 18.3. The molecule has 5 saturated heterocycles. The van der Waals surface area contributed by atoms with E-state index in [2.05, 4.69) is 20.8 Å². The number of ether oxygens (including phenoxy) is 10. The van der Waals surface area contributed by atoms with Gasteiger partial charge in [-0.05, 0) is 105 Å². The quantitative estimate of drug-likeness (QED) is 0.0673. The van der Waals surface area contributed by atoms with E-state index < -0.39 is 161 Å². The summed E-state index contributed by atoms with van der Waals surface area (Å²) < 4.78 is 61.0. The van der Waals surface area contributed by atoms with E-state index >= 15 is 0 Å². The van der Waals surface area contributed by atoms with Crippen molar-refractivity contribution in [2.75, 3.05) is 33.5 Å². The van der Waals surface area contributed by atoms with Gasteiger partial charge < -0.3 is 119 Å². The summed E-state index contributed by atoms with van der Waals surface area (Å²) in [4.78, 5) is 0. The number of aliphatic hydroxyl groups is 14. The molecule has 0 bridgehead atoms. The standard InChI is InChI=1S/C52H88O24/c1-20(19-68-46-40(63)38(61)35(58)30(16-53)71-46)9-12-52(67-6)21(2)33-29(76-52)14-26-24-8-7-23-13-28(27(56)15-51(23,5)25(24)10-11-50(26,33)4)70-49-45(75-47-41(64)37(60)34(57)22(3)69-47)43(66)44(32(18-55)73-49)74-48-42(65)39(62)36(59)31(17-54)72-48/h20-49,53-66H,7-19H2,1-6H3/t20-,21+,22+,23+,24-,25+,26+,27-,28-,29+,30-,31-,32-,33+,34+,35-,36-,37-,38+,39+,40-,41-,42-,43+,44+,45-,46-,47+,48+,49-,50+,51+,52+/m1/s1. The molecule has 4 aliphatic carbocycles. The predicted molar refractivity (Wildman–Crippen MR) is 256 cm³/mol. The normalized spacial score (nSPS) is 55.8. The third-order valence-electron chi connectivity index (χ3n) is 20.4. The molecule has 24 nitrogen and oxygen atoms in total. The maximum absolute atomic E-state index is 12.2. The van der Waals surface area contributed by atoms with Crippen LogP contribution in [0.5, 0.6) is 0 Å². The number of hydrogen-bond donors (Lipinski definition) is 14. The molecular formula is C52H88O24. The molecule has 0 amide bonds. The van der Waals surface area contributed by atoms with Gasteiger partial charge in [0.2, 0.25) is 0 Å². The molecular weight excluding hydrogens is 1010 g/mol. The molecule has 9 aliphatic rings. The number of aliphatic hydroxyl groups excluding tert-OH is 14. The van der Waals surface area contributed by atoms with Crippen molar-refractivity contribution < 1.29 is 119 Å². The van der Waals surface area contributed by atoms with Gasteiger partial charge >= 0.3 is 0 Å². The third kappa shape index (κ3) is 10.5. The molecule has 0 aromatic heterocycles. The smallest absolute Gasteiger partial charge is 0.187 e. The first-order valence-electron chi connectivity index (χ1n) is 27.7. The first kappa shape index (κ1) is 59.7. The van der Waals surface area contributed by atoms with Gasteiger partial charge in [-0.15, -0.1) is 0 Å². The van der Waals surface area contributed by atoms with Crippen LogP contribution in [0.4, 0.5) is 0 Å². The summed E-state index contributed by atoms with van der Waals surface area (Å²) in [7, 11) is 1.70. The molecule has 0 radical (unpaired) electrons. The minimum atomic E-state index is -1.88. The lowest BCUT2D eigenvalue weighted by atomic mass is 9.44. The van der Waals surface area contributed by atoms with Crippen LogP contribution in [-0.2, 0) is 47.4 Å². The van der Waals surface area contributed by atoms with Gasteiger partial charge in [-0.1, -0.05) is 27.7 Å². The largest absolute Gasteiger partial charge is 0.394 e. The molecule has 24 heteroatoms. The highest BCUT2D eigenvalue weighted by Crippen LogP contribution is 2.71. The molecule has 5 heterocycles. The summed E-state index contributed by atoms with van der Waals surface area (Å²) in [6, 6.07) is 0. The molecule has 9 rings (SSSR count). The lowest BCUT2D eigenvalue weighted by molar-refractivity contribution is -0.392. The topological polar surface area (TPSA) is 376 Å². The zero-order valence-electron chi connectivity index (χ0n) is 44.4. The summed E-state index contributed by atoms with van der Waals surface area (Å²) in [6.45, 7) is 8.50. The van der Waals surface area contributed by atoms with E-state index in [-0.39, 0.29) is 47.2 Å². The molecule has 76 heavy (non-hydrogen) atoms. The van der Waals surface area contributed by atoms with Gasteiger partial charge in [-0.2, -0.15) is 0 Å². The zero-order chi connectivity index (χ0) is 55.1. The van der Waals surface area contributed by atoms with Gasteiger partial charge in [0, 0.05) is 19.4 Å². The number of methoxy groups -OCH3 is 1. The SMILES string of the molecule is CO[C@@]1(CC[C@@H](C)CO[C@@H]2O[C@H](CO)[C@@H](O)[C@H](O)[C@H]2O)O[C@H]2C[C@H]3[C@@H]4CC[C@H]5C[C@@H](O[C@@H]6O[C@H](CO)[C@H](O[C@@H]7O[C@H](CO)[C@@H](O)[C@H](O)[C@H]7O)[C@H](O)[C@H]6O[C@@H]6O[C@@H](C)[C@H](O)[C@@H](O)[C@H]6O)[C@H](O)C[C@]5(C)[C@H]4CC[C@]3(C)[C@H]2[C@@H]1C. The van der Waals surface area contributed by atoms with E-state index in [1.807, 2.05) is 6.92 Å². The van der Waals surface area contributed by atoms with Crippen molar-refractivity contribution in [1.82, 2.24) is 0 Å². The predicted octanol–water partition coefficient (Wildman–Crippen LogP) is -3.30. The van der Waals surface area contributed by atoms with Crippen molar-refractivity contribution in [3.8, 4) is 0 Å². The monoisotopic (exact) mass is 1100 g/mol. The van der Waals surface area contributed by atoms with Crippen LogP contribution in [0.2, 0.25) is 0 Å². The van der Waals surface area contributed by atoms with Gasteiger partial charge in [-0.25, -0.2) is 0 Å². The molecule has 4 saturated carbocycles. The first-order chi connectivity index (χ1) is 36.0. The van der Waals surface area contributed by atoms with Crippen molar-refractivity contribution in [2.45, 2.75) is 239 Å². The summed E-state index contributed by atoms with van der Waals surface area (Å²) >= 11 is 0. The van der Waals surface area contributed by atoms with Crippen molar-refractivity contribution in [3.63, 3.8) is 0 Å². The van der Waals surface area contributed by atoms with Crippen LogP contribution >= 0.6 is 0 Å². The van der Waals surface area contributed by atoms with Crippen LogP contribution in [0.1, 0.15) is 92.4 Å². The van der Waals surface area contributed by atoms with Crippen LogP contribution in [0.3, 0.4) is 0 Å². The summed E-state index contributed by atoms with van der Waals surface area (Å²) in [5.41, 5.74) is -0.305. The maximum atomic E-state index is 12.2. The van der Waals surface area contributed by atoms with Gasteiger partial charge in [0.25, 0.3) is 0 Å². The zero-order valence-corrected chi connectivity index (χ0v) is 44.4. The van der Waals surface area contributed by atoms with Crippen molar-refractivity contribution in [1.29, 1.82) is 0 Å². The van der Waals surface area contributed by atoms with Crippen LogP contribution < -0.4 is 0 Å². The molecule has 0 spiro atoms. The van der Waals surface area contributed by atoms with Crippen molar-refractivity contribution >= 4 is 0 Å². The number of rotatable bonds is 16. The second kappa shape index (κ2) is 23.4. The Balaban J connectivity index is 0.855. The second-order valence-corrected chi connectivity index (χ2v) is 24.6. The molecule has 0 aromatic rings. The Morgan fingerprint density at radius 1 is 0.579 bits per heavy atom. The van der Waals surface area contributed by atoms with E-state index in [0.717, 1.165) is 32.1 Å². The third-order valence-corrected chi connectivity index (χ3v) is 20.4. The van der Waals surface area contributed by atoms with Gasteiger partial charge in [0.05, 0.1) is 50.8 Å². The Bertz CT molecular complexity index is 1910. The fourth-order valence-electron chi connectivity index (χ4n) is 16.0. The van der Waals surface area contributed by atoms with Crippen LogP contribution in [0, 0.1) is 52.3 Å². The van der Waals surface area contributed by atoms with Crippen LogP contribution in [0.15, 0.2) is 0 Å². The average molecular weight is 1100 g/mol. The second-order valence-electron chi connectivity index (χ2n) is 24.6. The van der Waals surface area contributed by atoms with Gasteiger partial charge in [-0.3, -0.25) is 0 Å². The molecule has 14 N–H and O–H groups in total. The lowest BCUT2D eigenvalue weighted by Gasteiger charge is -2.62. The highest BCUT2D eigenvalue weighted by atomic mass is 16.8. The summed E-state index contributed by atoms with van der Waals surface area (Å²) in [6.07, 6.45) is -26.2. The van der Waals surface area contributed by atoms with Crippen LogP contribution in [0.25, 0.3) is 0 Å². The van der Waals surface area contributed by atoms with Gasteiger partial charge in [0.15, 0.2) is 30.9 Å². The first-order valence-corrected chi connectivity index (χ1v) is 27.7. The Morgan fingerprint density at radius 3 is 1.79 bits per heavy atom. The molecule has 9 fully saturated rings. The molecule has 0 aromatic carbocycles.